The van der Waals surface area contributed by atoms with Crippen molar-refractivity contribution in [1.82, 2.24) is 29.9 Å². The average molecular weight is 432 g/mol. The molecule has 1 aliphatic rings. The number of ether oxygens (including phenoxy) is 1. The molecular weight excluding hydrogens is 408 g/mol. The normalized spacial score (nSPS) is 18.8. The van der Waals surface area contributed by atoms with Crippen LogP contribution in [-0.2, 0) is 0 Å². The molecule has 1 amide bonds. The molecule has 0 spiro atoms. The second-order valence-electron chi connectivity index (χ2n) is 8.03. The van der Waals surface area contributed by atoms with Crippen LogP contribution in [0.1, 0.15) is 24.2 Å². The fourth-order valence-electron chi connectivity index (χ4n) is 4.31. The maximum atomic E-state index is 13.3. The number of methoxy groups -OCH3 is 1. The number of hydrogen-bond acceptors (Lipinski definition) is 8. The highest BCUT2D eigenvalue weighted by Gasteiger charge is 2.25. The predicted molar refractivity (Wildman–Crippen MR) is 121 cm³/mol. The summed E-state index contributed by atoms with van der Waals surface area (Å²) in [6.45, 7) is 6.03. The van der Waals surface area contributed by atoms with Crippen LogP contribution in [0.5, 0.6) is 6.01 Å². The Labute approximate surface area is 184 Å². The number of rotatable bonds is 4. The number of nitrogens with one attached hydrogen (secondary N) is 2. The smallest absolute Gasteiger partial charge is 0.316 e. The highest BCUT2D eigenvalue weighted by atomic mass is 16.5. The van der Waals surface area contributed by atoms with E-state index in [9.17, 15) is 4.79 Å². The fraction of sp³-hybridized carbons (Fsp3) is 0.318. The number of amides is 1. The van der Waals surface area contributed by atoms with Crippen LogP contribution < -0.4 is 20.3 Å². The molecule has 4 heterocycles. The van der Waals surface area contributed by atoms with Crippen molar-refractivity contribution in [2.24, 2.45) is 0 Å². The molecular formula is C22H24N8O2. The van der Waals surface area contributed by atoms with Gasteiger partial charge in [0.05, 0.1) is 18.2 Å². The van der Waals surface area contributed by atoms with E-state index < -0.39 is 0 Å². The quantitative estimate of drug-likeness (QED) is 0.505. The largest absolute Gasteiger partial charge is 0.467 e. The Morgan fingerprint density at radius 1 is 1.19 bits per heavy atom. The summed E-state index contributed by atoms with van der Waals surface area (Å²) in [6, 6.07) is 8.35. The number of anilines is 2. The molecule has 4 aromatic rings. The van der Waals surface area contributed by atoms with E-state index in [1.54, 1.807) is 23.0 Å². The summed E-state index contributed by atoms with van der Waals surface area (Å²) in [7, 11) is 1.51. The second-order valence-corrected chi connectivity index (χ2v) is 8.03. The van der Waals surface area contributed by atoms with E-state index in [1.165, 1.54) is 13.4 Å². The summed E-state index contributed by atoms with van der Waals surface area (Å²) in [5.41, 5.74) is 2.66. The SMILES string of the molecule is COc1ncc2c(N3C[C@@H](C)N[C@@H](C)C3)ccc(C(=O)Nc3ncnn4cccc34)c2n1. The van der Waals surface area contributed by atoms with Crippen LogP contribution in [-0.4, -0.2) is 62.8 Å². The monoisotopic (exact) mass is 432 g/mol. The Balaban J connectivity index is 1.57. The van der Waals surface area contributed by atoms with Crippen molar-refractivity contribution in [3.8, 4) is 6.01 Å². The Morgan fingerprint density at radius 2 is 2.00 bits per heavy atom. The minimum absolute atomic E-state index is 0.210. The molecule has 0 aliphatic carbocycles. The number of fused-ring (bicyclic) bond motifs is 2. The summed E-state index contributed by atoms with van der Waals surface area (Å²) >= 11 is 0. The Morgan fingerprint density at radius 3 is 2.78 bits per heavy atom. The molecule has 10 heteroatoms. The summed E-state index contributed by atoms with van der Waals surface area (Å²) in [5.74, 6) is 0.115. The minimum atomic E-state index is -0.314. The van der Waals surface area contributed by atoms with Crippen LogP contribution in [0, 0.1) is 0 Å². The number of carbonyl (C=O) groups is 1. The van der Waals surface area contributed by atoms with Gasteiger partial charge in [0, 0.05) is 48.6 Å². The van der Waals surface area contributed by atoms with Crippen LogP contribution in [0.25, 0.3) is 16.4 Å². The number of piperazine rings is 1. The molecule has 0 unspecified atom stereocenters. The molecule has 0 bridgehead atoms. The molecule has 0 saturated carbocycles. The van der Waals surface area contributed by atoms with Crippen molar-refractivity contribution in [1.29, 1.82) is 0 Å². The van der Waals surface area contributed by atoms with Gasteiger partial charge < -0.3 is 20.3 Å². The van der Waals surface area contributed by atoms with Gasteiger partial charge in [-0.25, -0.2) is 14.5 Å². The topological polar surface area (TPSA) is 110 Å². The molecule has 5 rings (SSSR count). The molecule has 1 aliphatic heterocycles. The lowest BCUT2D eigenvalue weighted by Gasteiger charge is -2.38. The van der Waals surface area contributed by atoms with Gasteiger partial charge in [-0.1, -0.05) is 0 Å². The maximum absolute atomic E-state index is 13.3. The lowest BCUT2D eigenvalue weighted by molar-refractivity contribution is 0.102. The Kier molecular flexibility index (Phi) is 5.06. The number of aromatic nitrogens is 5. The van der Waals surface area contributed by atoms with Crippen LogP contribution in [0.3, 0.4) is 0 Å². The first kappa shape index (κ1) is 20.1. The van der Waals surface area contributed by atoms with E-state index in [-0.39, 0.29) is 11.9 Å². The van der Waals surface area contributed by atoms with Gasteiger partial charge in [0.2, 0.25) is 0 Å². The first-order chi connectivity index (χ1) is 15.5. The zero-order valence-electron chi connectivity index (χ0n) is 18.1. The number of nitrogens with zero attached hydrogens (tertiary/aromatic N) is 6. The molecule has 32 heavy (non-hydrogen) atoms. The molecule has 10 nitrogen and oxygen atoms in total. The lowest BCUT2D eigenvalue weighted by Crippen LogP contribution is -2.54. The zero-order chi connectivity index (χ0) is 22.2. The summed E-state index contributed by atoms with van der Waals surface area (Å²) < 4.78 is 6.90. The van der Waals surface area contributed by atoms with Gasteiger partial charge in [-0.15, -0.1) is 0 Å². The van der Waals surface area contributed by atoms with Gasteiger partial charge in [-0.3, -0.25) is 4.79 Å². The Hall–Kier alpha value is -3.79. The van der Waals surface area contributed by atoms with Crippen molar-refractivity contribution in [2.75, 3.05) is 30.4 Å². The van der Waals surface area contributed by atoms with Gasteiger partial charge in [-0.05, 0) is 38.1 Å². The third kappa shape index (κ3) is 3.58. The van der Waals surface area contributed by atoms with Gasteiger partial charge in [-0.2, -0.15) is 10.1 Å². The van der Waals surface area contributed by atoms with E-state index >= 15 is 0 Å². The van der Waals surface area contributed by atoms with E-state index in [4.69, 9.17) is 4.74 Å². The standard InChI is InChI=1S/C22H24N8O2/c1-13-10-29(11-14(2)26-13)17-7-6-15(19-16(17)9-23-22(27-19)32-3)21(31)28-20-18-5-4-8-30(18)25-12-24-20/h4-9,12-14,26H,10-11H2,1-3H3,(H,24,25,28,31)/t13-,14+. The number of benzene rings is 1. The predicted octanol–water partition coefficient (Wildman–Crippen LogP) is 2.12. The van der Waals surface area contributed by atoms with Gasteiger partial charge in [0.1, 0.15) is 11.8 Å². The van der Waals surface area contributed by atoms with E-state index in [0.717, 1.165) is 24.2 Å². The summed E-state index contributed by atoms with van der Waals surface area (Å²) in [5, 5.41) is 11.4. The maximum Gasteiger partial charge on any atom is 0.316 e. The molecule has 1 fully saturated rings. The average Bonchev–Trinajstić information content (AvgIpc) is 3.27. The molecule has 1 saturated heterocycles. The molecule has 0 radical (unpaired) electrons. The van der Waals surface area contributed by atoms with Crippen molar-refractivity contribution in [3.05, 3.63) is 48.5 Å². The van der Waals surface area contributed by atoms with Crippen LogP contribution >= 0.6 is 0 Å². The van der Waals surface area contributed by atoms with Gasteiger partial charge in [0.25, 0.3) is 5.91 Å². The van der Waals surface area contributed by atoms with Crippen molar-refractivity contribution >= 4 is 33.8 Å². The van der Waals surface area contributed by atoms with E-state index in [1.807, 2.05) is 18.2 Å². The second kappa shape index (κ2) is 8.04. The fourth-order valence-corrected chi connectivity index (χ4v) is 4.31. The molecule has 1 aromatic carbocycles. The molecule has 3 aromatic heterocycles. The first-order valence-corrected chi connectivity index (χ1v) is 10.5. The third-order valence-corrected chi connectivity index (χ3v) is 5.60. The minimum Gasteiger partial charge on any atom is -0.467 e. The summed E-state index contributed by atoms with van der Waals surface area (Å²) in [6.07, 6.45) is 4.92. The zero-order valence-corrected chi connectivity index (χ0v) is 18.1. The molecule has 2 atom stereocenters. The van der Waals surface area contributed by atoms with Crippen LogP contribution in [0.4, 0.5) is 11.5 Å². The van der Waals surface area contributed by atoms with E-state index in [2.05, 4.69) is 49.4 Å². The van der Waals surface area contributed by atoms with Gasteiger partial charge in [0.15, 0.2) is 5.82 Å². The molecule has 164 valence electrons. The third-order valence-electron chi connectivity index (χ3n) is 5.60. The highest BCUT2D eigenvalue weighted by molar-refractivity contribution is 6.14. The van der Waals surface area contributed by atoms with Crippen molar-refractivity contribution in [3.63, 3.8) is 0 Å². The van der Waals surface area contributed by atoms with Gasteiger partial charge >= 0.3 is 6.01 Å². The Bertz CT molecular complexity index is 1290. The molecule has 2 N–H and O–H groups in total. The first-order valence-electron chi connectivity index (χ1n) is 10.5. The van der Waals surface area contributed by atoms with Crippen LogP contribution in [0.2, 0.25) is 0 Å². The van der Waals surface area contributed by atoms with E-state index in [0.29, 0.717) is 34.5 Å². The number of hydrogen-bond donors (Lipinski definition) is 2. The van der Waals surface area contributed by atoms with Crippen LogP contribution in [0.15, 0.2) is 43.0 Å². The summed E-state index contributed by atoms with van der Waals surface area (Å²) in [4.78, 5) is 28.6. The highest BCUT2D eigenvalue weighted by Crippen LogP contribution is 2.31. The lowest BCUT2D eigenvalue weighted by atomic mass is 10.0. The number of carbonyl (C=O) groups excluding carboxylic acids is 1. The van der Waals surface area contributed by atoms with Crippen molar-refractivity contribution in [2.45, 2.75) is 25.9 Å². The van der Waals surface area contributed by atoms with Crippen molar-refractivity contribution < 1.29 is 9.53 Å².